The number of amides is 1. The van der Waals surface area contributed by atoms with Gasteiger partial charge in [0.25, 0.3) is 0 Å². The first-order valence-electron chi connectivity index (χ1n) is 8.50. The van der Waals surface area contributed by atoms with Crippen molar-refractivity contribution in [2.75, 3.05) is 19.3 Å². The van der Waals surface area contributed by atoms with Crippen molar-refractivity contribution in [2.45, 2.75) is 24.2 Å². The summed E-state index contributed by atoms with van der Waals surface area (Å²) >= 11 is 1.67. The standard InChI is InChI=1S/C19H23N3O2S/c1-21-10-8-20-19(21)18(24)15-6-4-9-22(13-15)17(23)12-14-5-3-7-16(11-14)25-2/h3,5,7-8,10-11,15H,4,6,9,12-13H2,1-2H3. The summed E-state index contributed by atoms with van der Waals surface area (Å²) in [6.45, 7) is 1.22. The van der Waals surface area contributed by atoms with Crippen LogP contribution in [0.15, 0.2) is 41.6 Å². The van der Waals surface area contributed by atoms with Crippen molar-refractivity contribution < 1.29 is 9.59 Å². The highest BCUT2D eigenvalue weighted by Crippen LogP contribution is 2.22. The molecule has 1 aromatic heterocycles. The van der Waals surface area contributed by atoms with Gasteiger partial charge in [0.2, 0.25) is 11.7 Å². The second-order valence-electron chi connectivity index (χ2n) is 6.43. The van der Waals surface area contributed by atoms with Gasteiger partial charge < -0.3 is 9.47 Å². The van der Waals surface area contributed by atoms with Gasteiger partial charge in [-0.05, 0) is 36.8 Å². The Balaban J connectivity index is 1.65. The van der Waals surface area contributed by atoms with Gasteiger partial charge in [-0.3, -0.25) is 9.59 Å². The first kappa shape index (κ1) is 17.7. The fourth-order valence-corrected chi connectivity index (χ4v) is 3.76. The van der Waals surface area contributed by atoms with Crippen molar-refractivity contribution in [2.24, 2.45) is 13.0 Å². The molecular formula is C19H23N3O2S. The third-order valence-electron chi connectivity index (χ3n) is 4.68. The second-order valence-corrected chi connectivity index (χ2v) is 7.31. The van der Waals surface area contributed by atoms with E-state index in [2.05, 4.69) is 11.1 Å². The molecule has 2 aromatic rings. The Bertz CT molecular complexity index is 772. The number of Topliss-reactive ketones (excluding diaryl/α,β-unsaturated/α-hetero) is 1. The van der Waals surface area contributed by atoms with E-state index in [1.165, 1.54) is 0 Å². The molecule has 5 nitrogen and oxygen atoms in total. The van der Waals surface area contributed by atoms with Gasteiger partial charge in [-0.15, -0.1) is 11.8 Å². The average Bonchev–Trinajstić information content (AvgIpc) is 3.07. The number of carbonyl (C=O) groups excluding carboxylic acids is 2. The number of hydrogen-bond donors (Lipinski definition) is 0. The summed E-state index contributed by atoms with van der Waals surface area (Å²) in [6, 6.07) is 8.07. The zero-order valence-electron chi connectivity index (χ0n) is 14.6. The highest BCUT2D eigenvalue weighted by atomic mass is 32.2. The number of hydrogen-bond acceptors (Lipinski definition) is 4. The van der Waals surface area contributed by atoms with Crippen molar-refractivity contribution in [1.29, 1.82) is 0 Å². The molecule has 1 saturated heterocycles. The SMILES string of the molecule is CSc1cccc(CC(=O)N2CCCC(C(=O)c3nccn3C)C2)c1. The summed E-state index contributed by atoms with van der Waals surface area (Å²) in [5, 5.41) is 0. The fraction of sp³-hybridized carbons (Fsp3) is 0.421. The predicted molar refractivity (Wildman–Crippen MR) is 98.8 cm³/mol. The van der Waals surface area contributed by atoms with E-state index >= 15 is 0 Å². The molecule has 1 fully saturated rings. The minimum Gasteiger partial charge on any atom is -0.342 e. The molecule has 0 bridgehead atoms. The number of nitrogens with zero attached hydrogens (tertiary/aromatic N) is 3. The summed E-state index contributed by atoms with van der Waals surface area (Å²) in [5.41, 5.74) is 1.02. The van der Waals surface area contributed by atoms with Gasteiger partial charge in [-0.1, -0.05) is 12.1 Å². The van der Waals surface area contributed by atoms with Crippen molar-refractivity contribution in [3.63, 3.8) is 0 Å². The molecule has 6 heteroatoms. The number of rotatable bonds is 5. The van der Waals surface area contributed by atoms with E-state index in [0.717, 1.165) is 29.8 Å². The summed E-state index contributed by atoms with van der Waals surface area (Å²) in [6.07, 6.45) is 7.50. The Hall–Kier alpha value is -2.08. The number of likely N-dealkylation sites (tertiary alicyclic amines) is 1. The van der Waals surface area contributed by atoms with Crippen LogP contribution in [0.5, 0.6) is 0 Å². The number of piperidine rings is 1. The lowest BCUT2D eigenvalue weighted by molar-refractivity contribution is -0.131. The maximum absolute atomic E-state index is 12.7. The van der Waals surface area contributed by atoms with Crippen molar-refractivity contribution in [1.82, 2.24) is 14.5 Å². The Morgan fingerprint density at radius 3 is 2.92 bits per heavy atom. The lowest BCUT2D eigenvalue weighted by Crippen LogP contribution is -2.43. The van der Waals surface area contributed by atoms with E-state index in [9.17, 15) is 9.59 Å². The number of aryl methyl sites for hydroxylation is 1. The highest BCUT2D eigenvalue weighted by molar-refractivity contribution is 7.98. The summed E-state index contributed by atoms with van der Waals surface area (Å²) in [4.78, 5) is 32.5. The van der Waals surface area contributed by atoms with Gasteiger partial charge in [0.05, 0.1) is 6.42 Å². The molecular weight excluding hydrogens is 334 g/mol. The molecule has 0 spiro atoms. The van der Waals surface area contributed by atoms with Gasteiger partial charge >= 0.3 is 0 Å². The number of carbonyl (C=O) groups is 2. The molecule has 1 aromatic carbocycles. The monoisotopic (exact) mass is 357 g/mol. The smallest absolute Gasteiger partial charge is 0.227 e. The van der Waals surface area contributed by atoms with Crippen LogP contribution in [-0.2, 0) is 18.3 Å². The normalized spacial score (nSPS) is 17.5. The molecule has 1 aliphatic heterocycles. The largest absolute Gasteiger partial charge is 0.342 e. The molecule has 2 heterocycles. The van der Waals surface area contributed by atoms with Gasteiger partial charge in [0, 0.05) is 43.3 Å². The molecule has 1 aliphatic rings. The second kappa shape index (κ2) is 7.87. The van der Waals surface area contributed by atoms with Crippen LogP contribution in [0.2, 0.25) is 0 Å². The topological polar surface area (TPSA) is 55.2 Å². The molecule has 1 amide bonds. The van der Waals surface area contributed by atoms with Crippen LogP contribution < -0.4 is 0 Å². The Morgan fingerprint density at radius 1 is 1.36 bits per heavy atom. The van der Waals surface area contributed by atoms with Crippen LogP contribution >= 0.6 is 11.8 Å². The number of ketones is 1. The molecule has 0 saturated carbocycles. The molecule has 0 N–H and O–H groups in total. The van der Waals surface area contributed by atoms with Crippen molar-refractivity contribution in [3.05, 3.63) is 48.0 Å². The van der Waals surface area contributed by atoms with Gasteiger partial charge in [0.1, 0.15) is 0 Å². The first-order chi connectivity index (χ1) is 12.1. The van der Waals surface area contributed by atoms with Crippen molar-refractivity contribution >= 4 is 23.5 Å². The number of thioether (sulfide) groups is 1. The van der Waals surface area contributed by atoms with Crippen LogP contribution in [0, 0.1) is 5.92 Å². The zero-order valence-corrected chi connectivity index (χ0v) is 15.5. The quantitative estimate of drug-likeness (QED) is 0.610. The third kappa shape index (κ3) is 4.12. The van der Waals surface area contributed by atoms with Crippen LogP contribution in [0.3, 0.4) is 0 Å². The van der Waals surface area contributed by atoms with Crippen LogP contribution in [0.1, 0.15) is 29.0 Å². The minimum atomic E-state index is -0.156. The van der Waals surface area contributed by atoms with Crippen LogP contribution in [0.4, 0.5) is 0 Å². The summed E-state index contributed by atoms with van der Waals surface area (Å²) in [7, 11) is 1.82. The van der Waals surface area contributed by atoms with E-state index in [1.807, 2.05) is 36.4 Å². The Morgan fingerprint density at radius 2 is 2.20 bits per heavy atom. The lowest BCUT2D eigenvalue weighted by Gasteiger charge is -2.32. The van der Waals surface area contributed by atoms with E-state index < -0.39 is 0 Å². The first-order valence-corrected chi connectivity index (χ1v) is 9.73. The minimum absolute atomic E-state index is 0.0365. The Labute approximate surface area is 152 Å². The molecule has 0 aliphatic carbocycles. The fourth-order valence-electron chi connectivity index (χ4n) is 3.27. The third-order valence-corrected chi connectivity index (χ3v) is 5.40. The van der Waals surface area contributed by atoms with E-state index in [1.54, 1.807) is 28.7 Å². The van der Waals surface area contributed by atoms with Gasteiger partial charge in [-0.2, -0.15) is 0 Å². The van der Waals surface area contributed by atoms with E-state index in [-0.39, 0.29) is 17.6 Å². The zero-order chi connectivity index (χ0) is 17.8. The molecule has 0 radical (unpaired) electrons. The molecule has 1 unspecified atom stereocenters. The van der Waals surface area contributed by atoms with Gasteiger partial charge in [-0.25, -0.2) is 4.98 Å². The number of imidazole rings is 1. The molecule has 1 atom stereocenters. The summed E-state index contributed by atoms with van der Waals surface area (Å²) < 4.78 is 1.75. The predicted octanol–water partition coefficient (Wildman–Crippen LogP) is 2.81. The van der Waals surface area contributed by atoms with Crippen molar-refractivity contribution in [3.8, 4) is 0 Å². The van der Waals surface area contributed by atoms with Crippen LogP contribution in [0.25, 0.3) is 0 Å². The highest BCUT2D eigenvalue weighted by Gasteiger charge is 2.30. The average molecular weight is 357 g/mol. The molecule has 25 heavy (non-hydrogen) atoms. The number of benzene rings is 1. The number of aromatic nitrogens is 2. The Kier molecular flexibility index (Phi) is 5.58. The van der Waals surface area contributed by atoms with Crippen LogP contribution in [-0.4, -0.2) is 45.5 Å². The molecule has 3 rings (SSSR count). The molecule has 132 valence electrons. The van der Waals surface area contributed by atoms with E-state index in [0.29, 0.717) is 18.8 Å². The maximum Gasteiger partial charge on any atom is 0.227 e. The summed E-state index contributed by atoms with van der Waals surface area (Å²) in [5.74, 6) is 0.452. The lowest BCUT2D eigenvalue weighted by atomic mass is 9.93. The maximum atomic E-state index is 12.7. The van der Waals surface area contributed by atoms with E-state index in [4.69, 9.17) is 0 Å². The van der Waals surface area contributed by atoms with Gasteiger partial charge in [0.15, 0.2) is 5.82 Å².